The van der Waals surface area contributed by atoms with E-state index < -0.39 is 46.5 Å². The lowest BCUT2D eigenvalue weighted by atomic mass is 9.90. The minimum Gasteiger partial charge on any atom is -0.494 e. The molecule has 2 heterocycles. The van der Waals surface area contributed by atoms with Crippen molar-refractivity contribution >= 4 is 34.3 Å². The van der Waals surface area contributed by atoms with E-state index in [4.69, 9.17) is 26.8 Å². The summed E-state index contributed by atoms with van der Waals surface area (Å²) in [5.74, 6) is -3.65. The normalized spacial score (nSPS) is 14.4. The third-order valence-electron chi connectivity index (χ3n) is 7.46. The summed E-state index contributed by atoms with van der Waals surface area (Å²) >= 11 is 5.76. The predicted octanol–water partition coefficient (Wildman–Crippen LogP) is 4.89. The molecule has 1 aliphatic rings. The fourth-order valence-corrected chi connectivity index (χ4v) is 5.30. The van der Waals surface area contributed by atoms with Gasteiger partial charge in [-0.1, -0.05) is 11.6 Å². The zero-order valence-corrected chi connectivity index (χ0v) is 24.8. The standard InChI is InChI=1S/C30H28ClF4N5O5/c1-3-45-27-14(9-24(36)41)8-23(38-26(27)18-10-21(33)19(31)11-20(18)32)30(43,17-4-5-17)13-37-28(42)15-6-16-12-40(29(34)35)39-25(16)22(7-15)44-2/h6-8,10-12,17,29,43H,3-5,9,13H2,1-2H3,(H2,36,41)(H,37,42)/t30-/m1/s1. The number of benzene rings is 2. The molecule has 0 radical (unpaired) electrons. The Morgan fingerprint density at radius 2 is 1.93 bits per heavy atom. The molecule has 1 atom stereocenters. The second-order valence-electron chi connectivity index (χ2n) is 10.6. The van der Waals surface area contributed by atoms with Gasteiger partial charge in [0, 0.05) is 28.3 Å². The number of aliphatic hydroxyl groups is 1. The number of hydrogen-bond acceptors (Lipinski definition) is 7. The number of aromatic nitrogens is 3. The largest absolute Gasteiger partial charge is 0.494 e. The lowest BCUT2D eigenvalue weighted by molar-refractivity contribution is -0.117. The van der Waals surface area contributed by atoms with Gasteiger partial charge in [0.05, 0.1) is 37.4 Å². The molecule has 0 aliphatic heterocycles. The Kier molecular flexibility index (Phi) is 8.90. The Hall–Kier alpha value is -4.43. The van der Waals surface area contributed by atoms with Crippen molar-refractivity contribution in [1.29, 1.82) is 0 Å². The molecule has 1 aliphatic carbocycles. The highest BCUT2D eigenvalue weighted by molar-refractivity contribution is 6.30. The number of alkyl halides is 2. The van der Waals surface area contributed by atoms with Gasteiger partial charge in [-0.15, -0.1) is 0 Å². The summed E-state index contributed by atoms with van der Waals surface area (Å²) in [6, 6.07) is 5.67. The molecule has 2 amide bonds. The van der Waals surface area contributed by atoms with E-state index in [-0.39, 0.29) is 70.1 Å². The molecule has 0 spiro atoms. The Morgan fingerprint density at radius 1 is 1.20 bits per heavy atom. The molecule has 0 bridgehead atoms. The maximum Gasteiger partial charge on any atom is 0.333 e. The van der Waals surface area contributed by atoms with Crippen LogP contribution in [0.25, 0.3) is 22.2 Å². The Labute approximate surface area is 259 Å². The number of ether oxygens (including phenoxy) is 2. The average molecular weight is 650 g/mol. The predicted molar refractivity (Wildman–Crippen MR) is 155 cm³/mol. The number of carbonyl (C=O) groups is 2. The smallest absolute Gasteiger partial charge is 0.333 e. The highest BCUT2D eigenvalue weighted by Gasteiger charge is 2.47. The van der Waals surface area contributed by atoms with Gasteiger partial charge in [-0.2, -0.15) is 13.9 Å². The molecule has 238 valence electrons. The van der Waals surface area contributed by atoms with Gasteiger partial charge in [-0.25, -0.2) is 18.4 Å². The van der Waals surface area contributed by atoms with Crippen LogP contribution in [0.4, 0.5) is 17.6 Å². The minimum absolute atomic E-state index is 0.0346. The number of rotatable bonds is 12. The molecule has 4 N–H and O–H groups in total. The van der Waals surface area contributed by atoms with Crippen molar-refractivity contribution in [2.45, 2.75) is 38.3 Å². The highest BCUT2D eigenvalue weighted by Crippen LogP contribution is 2.47. The van der Waals surface area contributed by atoms with Gasteiger partial charge in [0.2, 0.25) is 5.91 Å². The number of nitrogens with zero attached hydrogens (tertiary/aromatic N) is 3. The summed E-state index contributed by atoms with van der Waals surface area (Å²) in [5.41, 5.74) is 3.41. The van der Waals surface area contributed by atoms with E-state index in [0.717, 1.165) is 18.3 Å². The number of halogens is 5. The molecule has 1 fully saturated rings. The van der Waals surface area contributed by atoms with Crippen molar-refractivity contribution in [2.24, 2.45) is 11.7 Å². The fourth-order valence-electron chi connectivity index (χ4n) is 5.15. The van der Waals surface area contributed by atoms with Crippen LogP contribution in [0.3, 0.4) is 0 Å². The van der Waals surface area contributed by atoms with E-state index in [2.05, 4.69) is 15.4 Å². The quantitative estimate of drug-likeness (QED) is 0.147. The Morgan fingerprint density at radius 3 is 2.56 bits per heavy atom. The number of methoxy groups -OCH3 is 1. The van der Waals surface area contributed by atoms with Gasteiger partial charge in [-0.05, 0) is 56.0 Å². The number of pyridine rings is 1. The van der Waals surface area contributed by atoms with Crippen LogP contribution in [-0.4, -0.2) is 51.9 Å². The number of nitrogens with one attached hydrogen (secondary N) is 1. The van der Waals surface area contributed by atoms with Gasteiger partial charge < -0.3 is 25.6 Å². The van der Waals surface area contributed by atoms with Crippen LogP contribution < -0.4 is 20.5 Å². The molecule has 2 aromatic heterocycles. The van der Waals surface area contributed by atoms with Crippen molar-refractivity contribution in [2.75, 3.05) is 20.3 Å². The van der Waals surface area contributed by atoms with Crippen LogP contribution >= 0.6 is 11.6 Å². The fraction of sp³-hybridized carbons (Fsp3) is 0.333. The van der Waals surface area contributed by atoms with E-state index in [1.807, 2.05) is 0 Å². The van der Waals surface area contributed by atoms with Crippen LogP contribution in [0, 0.1) is 17.6 Å². The van der Waals surface area contributed by atoms with E-state index >= 15 is 4.39 Å². The van der Waals surface area contributed by atoms with Gasteiger partial charge in [0.1, 0.15) is 39.9 Å². The molecular formula is C30H28ClF4N5O5. The van der Waals surface area contributed by atoms with Crippen LogP contribution in [0.5, 0.6) is 11.5 Å². The van der Waals surface area contributed by atoms with Crippen molar-refractivity contribution in [1.82, 2.24) is 20.1 Å². The topological polar surface area (TPSA) is 142 Å². The molecule has 15 heteroatoms. The van der Waals surface area contributed by atoms with E-state index in [1.165, 1.54) is 25.3 Å². The average Bonchev–Trinajstić information content (AvgIpc) is 3.76. The minimum atomic E-state index is -2.91. The molecule has 10 nitrogen and oxygen atoms in total. The zero-order chi connectivity index (χ0) is 32.6. The highest BCUT2D eigenvalue weighted by atomic mass is 35.5. The van der Waals surface area contributed by atoms with Crippen molar-refractivity contribution < 1.29 is 41.7 Å². The third kappa shape index (κ3) is 6.38. The number of amides is 2. The van der Waals surface area contributed by atoms with Crippen molar-refractivity contribution in [3.63, 3.8) is 0 Å². The summed E-state index contributed by atoms with van der Waals surface area (Å²) in [6.45, 7) is -1.58. The van der Waals surface area contributed by atoms with Gasteiger partial charge >= 0.3 is 6.55 Å². The maximum absolute atomic E-state index is 15.2. The van der Waals surface area contributed by atoms with Crippen molar-refractivity contribution in [3.8, 4) is 22.8 Å². The first-order valence-electron chi connectivity index (χ1n) is 13.8. The SMILES string of the molecule is CCOc1c(CC(N)=O)cc([C@@](O)(CNC(=O)c2cc(OC)c3nn(C(F)F)cc3c2)C2CC2)nc1-c1cc(F)c(Cl)cc1F. The molecule has 5 rings (SSSR count). The van der Waals surface area contributed by atoms with Gasteiger partial charge in [0.25, 0.3) is 5.91 Å². The zero-order valence-electron chi connectivity index (χ0n) is 24.0. The number of hydrogen-bond donors (Lipinski definition) is 3. The summed E-state index contributed by atoms with van der Waals surface area (Å²) in [6.07, 6.45) is 1.80. The van der Waals surface area contributed by atoms with Gasteiger partial charge in [0.15, 0.2) is 0 Å². The van der Waals surface area contributed by atoms with Crippen LogP contribution in [0.2, 0.25) is 5.02 Å². The van der Waals surface area contributed by atoms with Crippen LogP contribution in [0.15, 0.2) is 36.5 Å². The van der Waals surface area contributed by atoms with E-state index in [9.17, 15) is 27.9 Å². The number of fused-ring (bicyclic) bond motifs is 1. The molecule has 0 unspecified atom stereocenters. The first-order valence-corrected chi connectivity index (χ1v) is 14.2. The number of nitrogens with two attached hydrogens (primary N) is 1. The molecule has 4 aromatic rings. The molecule has 1 saturated carbocycles. The first kappa shape index (κ1) is 32.0. The first-order chi connectivity index (χ1) is 21.4. The summed E-state index contributed by atoms with van der Waals surface area (Å²) < 4.78 is 67.6. The van der Waals surface area contributed by atoms with E-state index in [0.29, 0.717) is 17.5 Å². The van der Waals surface area contributed by atoms with Gasteiger partial charge in [-0.3, -0.25) is 9.59 Å². The second-order valence-corrected chi connectivity index (χ2v) is 11.0. The second kappa shape index (κ2) is 12.5. The van der Waals surface area contributed by atoms with Crippen LogP contribution in [0.1, 0.15) is 47.9 Å². The maximum atomic E-state index is 15.2. The van der Waals surface area contributed by atoms with Crippen molar-refractivity contribution in [3.05, 3.63) is 70.0 Å². The lowest BCUT2D eigenvalue weighted by Gasteiger charge is -2.30. The Bertz CT molecular complexity index is 1800. The van der Waals surface area contributed by atoms with Crippen LogP contribution in [-0.2, 0) is 16.8 Å². The Balaban J connectivity index is 1.56. The molecule has 45 heavy (non-hydrogen) atoms. The summed E-state index contributed by atoms with van der Waals surface area (Å²) in [5, 5.41) is 18.3. The molecule has 0 saturated heterocycles. The van der Waals surface area contributed by atoms with E-state index in [1.54, 1.807) is 6.92 Å². The lowest BCUT2D eigenvalue weighted by Crippen LogP contribution is -2.43. The molecular weight excluding hydrogens is 622 g/mol. The number of primary amides is 1. The third-order valence-corrected chi connectivity index (χ3v) is 7.75. The monoisotopic (exact) mass is 649 g/mol. The molecule has 2 aromatic carbocycles. The summed E-state index contributed by atoms with van der Waals surface area (Å²) in [4.78, 5) is 29.8. The number of carbonyl (C=O) groups excluding carboxylic acids is 2. The summed E-state index contributed by atoms with van der Waals surface area (Å²) in [7, 11) is 1.30.